The molecule has 1 aromatic rings. The molecule has 4 nitrogen and oxygen atoms in total. The number of hydrogen-bond acceptors (Lipinski definition) is 4. The molecule has 4 heteroatoms. The van der Waals surface area contributed by atoms with Gasteiger partial charge in [0.2, 0.25) is 5.75 Å². The Morgan fingerprint density at radius 2 is 1.60 bits per heavy atom. The van der Waals surface area contributed by atoms with Gasteiger partial charge in [-0.3, -0.25) is 4.79 Å². The maximum atomic E-state index is 12.8. The van der Waals surface area contributed by atoms with E-state index < -0.39 is 0 Å². The van der Waals surface area contributed by atoms with Gasteiger partial charge in [0.15, 0.2) is 17.3 Å². The number of methoxy groups -OCH3 is 3. The molecule has 0 N–H and O–H groups in total. The molecule has 1 aliphatic carbocycles. The number of ether oxygens (including phenoxy) is 3. The number of carbonyl (C=O) groups is 1. The summed E-state index contributed by atoms with van der Waals surface area (Å²) in [7, 11) is 4.66. The quantitative estimate of drug-likeness (QED) is 0.774. The van der Waals surface area contributed by atoms with Crippen molar-refractivity contribution in [1.29, 1.82) is 0 Å². The van der Waals surface area contributed by atoms with Crippen molar-refractivity contribution in [2.45, 2.75) is 32.6 Å². The van der Waals surface area contributed by atoms with Crippen LogP contribution in [0, 0.1) is 5.41 Å². The monoisotopic (exact) mass is 278 g/mol. The van der Waals surface area contributed by atoms with Crippen molar-refractivity contribution < 1.29 is 19.0 Å². The third-order valence-corrected chi connectivity index (χ3v) is 4.20. The van der Waals surface area contributed by atoms with Gasteiger partial charge in [-0.2, -0.15) is 0 Å². The second-order valence-electron chi connectivity index (χ2n) is 5.48. The van der Waals surface area contributed by atoms with Crippen LogP contribution in [-0.4, -0.2) is 27.1 Å². The van der Waals surface area contributed by atoms with Gasteiger partial charge in [0.25, 0.3) is 0 Å². The van der Waals surface area contributed by atoms with Crippen LogP contribution >= 0.6 is 0 Å². The highest BCUT2D eigenvalue weighted by atomic mass is 16.5. The van der Waals surface area contributed by atoms with E-state index in [1.807, 2.05) is 6.92 Å². The third-order valence-electron chi connectivity index (χ3n) is 4.20. The molecule has 0 saturated heterocycles. The number of ketones is 1. The first kappa shape index (κ1) is 14.7. The van der Waals surface area contributed by atoms with E-state index >= 15 is 0 Å². The lowest BCUT2D eigenvalue weighted by Crippen LogP contribution is -2.25. The van der Waals surface area contributed by atoms with Crippen molar-refractivity contribution in [3.8, 4) is 17.2 Å². The van der Waals surface area contributed by atoms with E-state index in [1.54, 1.807) is 33.5 Å². The lowest BCUT2D eigenvalue weighted by molar-refractivity contribution is 0.0819. The van der Waals surface area contributed by atoms with Crippen LogP contribution in [-0.2, 0) is 0 Å². The largest absolute Gasteiger partial charge is 0.493 e. The van der Waals surface area contributed by atoms with E-state index in [2.05, 4.69) is 0 Å². The number of carbonyl (C=O) groups excluding carboxylic acids is 1. The minimum Gasteiger partial charge on any atom is -0.493 e. The molecule has 2 rings (SSSR count). The Hall–Kier alpha value is -1.71. The van der Waals surface area contributed by atoms with Gasteiger partial charge in [-0.15, -0.1) is 0 Å². The number of benzene rings is 1. The van der Waals surface area contributed by atoms with Crippen LogP contribution in [0.1, 0.15) is 43.0 Å². The second kappa shape index (κ2) is 5.73. The molecule has 0 aliphatic heterocycles. The summed E-state index contributed by atoms with van der Waals surface area (Å²) in [5.74, 6) is 1.64. The van der Waals surface area contributed by atoms with Crippen molar-refractivity contribution in [1.82, 2.24) is 0 Å². The van der Waals surface area contributed by atoms with Crippen LogP contribution < -0.4 is 14.2 Å². The first-order chi connectivity index (χ1) is 9.57. The molecular weight excluding hydrogens is 256 g/mol. The fourth-order valence-electron chi connectivity index (χ4n) is 2.99. The molecule has 0 unspecified atom stereocenters. The minimum absolute atomic E-state index is 0.132. The smallest absolute Gasteiger partial charge is 0.204 e. The summed E-state index contributed by atoms with van der Waals surface area (Å²) in [6.07, 6.45) is 4.09. The summed E-state index contributed by atoms with van der Waals surface area (Å²) < 4.78 is 16.0. The molecule has 0 spiro atoms. The Labute approximate surface area is 120 Å². The van der Waals surface area contributed by atoms with Gasteiger partial charge in [0.1, 0.15) is 0 Å². The van der Waals surface area contributed by atoms with Crippen LogP contribution in [0.5, 0.6) is 17.2 Å². The zero-order valence-electron chi connectivity index (χ0n) is 12.6. The SMILES string of the molecule is COc1ccc(C(=O)C2(C)CCCC2)c(OC)c1OC. The molecular formula is C16H22O4. The van der Waals surface area contributed by atoms with E-state index in [0.29, 0.717) is 22.8 Å². The molecule has 0 heterocycles. The van der Waals surface area contributed by atoms with Gasteiger partial charge in [-0.05, 0) is 25.0 Å². The van der Waals surface area contributed by atoms with Crippen LogP contribution in [0.15, 0.2) is 12.1 Å². The summed E-state index contributed by atoms with van der Waals surface area (Å²) in [6, 6.07) is 3.53. The lowest BCUT2D eigenvalue weighted by Gasteiger charge is -2.24. The Morgan fingerprint density at radius 3 is 2.10 bits per heavy atom. The van der Waals surface area contributed by atoms with Crippen molar-refractivity contribution in [2.24, 2.45) is 5.41 Å². The van der Waals surface area contributed by atoms with E-state index in [9.17, 15) is 4.79 Å². The van der Waals surface area contributed by atoms with Crippen molar-refractivity contribution in [2.75, 3.05) is 21.3 Å². The number of Topliss-reactive ketones (excluding diaryl/α,β-unsaturated/α-hetero) is 1. The molecule has 20 heavy (non-hydrogen) atoms. The normalized spacial score (nSPS) is 16.8. The zero-order valence-corrected chi connectivity index (χ0v) is 12.6. The van der Waals surface area contributed by atoms with Crippen LogP contribution in [0.4, 0.5) is 0 Å². The Bertz CT molecular complexity index is 501. The Kier molecular flexibility index (Phi) is 4.21. The maximum Gasteiger partial charge on any atom is 0.204 e. The number of hydrogen-bond donors (Lipinski definition) is 0. The maximum absolute atomic E-state index is 12.8. The van der Waals surface area contributed by atoms with Crippen LogP contribution in [0.2, 0.25) is 0 Å². The topological polar surface area (TPSA) is 44.8 Å². The van der Waals surface area contributed by atoms with Crippen LogP contribution in [0.25, 0.3) is 0 Å². The van der Waals surface area contributed by atoms with Crippen molar-refractivity contribution in [3.05, 3.63) is 17.7 Å². The second-order valence-corrected chi connectivity index (χ2v) is 5.48. The van der Waals surface area contributed by atoms with E-state index in [1.165, 1.54) is 0 Å². The molecule has 0 radical (unpaired) electrons. The summed E-state index contributed by atoms with van der Waals surface area (Å²) in [4.78, 5) is 12.8. The van der Waals surface area contributed by atoms with Gasteiger partial charge in [-0.1, -0.05) is 19.8 Å². The average molecular weight is 278 g/mol. The third kappa shape index (κ3) is 2.35. The van der Waals surface area contributed by atoms with Crippen LogP contribution in [0.3, 0.4) is 0 Å². The van der Waals surface area contributed by atoms with Gasteiger partial charge in [0, 0.05) is 5.41 Å². The highest BCUT2D eigenvalue weighted by Gasteiger charge is 2.38. The molecule has 0 atom stereocenters. The molecule has 1 fully saturated rings. The fourth-order valence-corrected chi connectivity index (χ4v) is 2.99. The predicted molar refractivity (Wildman–Crippen MR) is 77.0 cm³/mol. The molecule has 0 amide bonds. The minimum atomic E-state index is -0.285. The molecule has 1 saturated carbocycles. The predicted octanol–water partition coefficient (Wildman–Crippen LogP) is 3.48. The van der Waals surface area contributed by atoms with E-state index in [4.69, 9.17) is 14.2 Å². The summed E-state index contributed by atoms with van der Waals surface area (Å²) in [5.41, 5.74) is 0.293. The molecule has 0 bridgehead atoms. The lowest BCUT2D eigenvalue weighted by atomic mass is 9.80. The first-order valence-electron chi connectivity index (χ1n) is 6.91. The standard InChI is InChI=1S/C16H22O4/c1-16(9-5-6-10-16)15(17)11-7-8-12(18-2)14(20-4)13(11)19-3/h7-8H,5-6,9-10H2,1-4H3. The van der Waals surface area contributed by atoms with Gasteiger partial charge in [-0.25, -0.2) is 0 Å². The van der Waals surface area contributed by atoms with E-state index in [0.717, 1.165) is 25.7 Å². The average Bonchev–Trinajstić information content (AvgIpc) is 2.92. The zero-order chi connectivity index (χ0) is 14.8. The Morgan fingerprint density at radius 1 is 1.00 bits per heavy atom. The molecule has 0 aromatic heterocycles. The van der Waals surface area contributed by atoms with Gasteiger partial charge < -0.3 is 14.2 Å². The summed E-state index contributed by atoms with van der Waals surface area (Å²) >= 11 is 0. The van der Waals surface area contributed by atoms with Gasteiger partial charge >= 0.3 is 0 Å². The van der Waals surface area contributed by atoms with Crippen molar-refractivity contribution >= 4 is 5.78 Å². The summed E-state index contributed by atoms with van der Waals surface area (Å²) in [6.45, 7) is 2.04. The summed E-state index contributed by atoms with van der Waals surface area (Å²) in [5, 5.41) is 0. The van der Waals surface area contributed by atoms with Crippen molar-refractivity contribution in [3.63, 3.8) is 0 Å². The Balaban J connectivity index is 2.48. The first-order valence-corrected chi connectivity index (χ1v) is 6.91. The van der Waals surface area contributed by atoms with E-state index in [-0.39, 0.29) is 11.2 Å². The molecule has 1 aromatic carbocycles. The molecule has 110 valence electrons. The van der Waals surface area contributed by atoms with Gasteiger partial charge in [0.05, 0.1) is 26.9 Å². The highest BCUT2D eigenvalue weighted by molar-refractivity contribution is 6.03. The number of rotatable bonds is 5. The fraction of sp³-hybridized carbons (Fsp3) is 0.562. The molecule has 1 aliphatic rings. The highest BCUT2D eigenvalue weighted by Crippen LogP contribution is 2.46.